The number of rotatable bonds is 2. The predicted molar refractivity (Wildman–Crippen MR) is 80.8 cm³/mol. The molecule has 0 saturated heterocycles. The summed E-state index contributed by atoms with van der Waals surface area (Å²) in [6.45, 7) is 0. The number of nitrogens with zero attached hydrogens (tertiary/aromatic N) is 4. The minimum absolute atomic E-state index is 0.236. The number of fused-ring (bicyclic) bond motifs is 1. The molecule has 0 saturated carbocycles. The van der Waals surface area contributed by atoms with Crippen molar-refractivity contribution in [2.24, 2.45) is 21.0 Å². The van der Waals surface area contributed by atoms with Crippen molar-refractivity contribution in [3.63, 3.8) is 0 Å². The third kappa shape index (κ3) is 2.00. The number of hydrogen-bond acceptors (Lipinski definition) is 6. The van der Waals surface area contributed by atoms with Gasteiger partial charge in [-0.25, -0.2) is 10.0 Å². The topological polar surface area (TPSA) is 66.6 Å². The van der Waals surface area contributed by atoms with E-state index < -0.39 is 5.92 Å². The minimum atomic E-state index is -0.504. The molecule has 1 atom stereocenters. The van der Waals surface area contributed by atoms with Gasteiger partial charge in [0.05, 0.1) is 7.11 Å². The highest BCUT2D eigenvalue weighted by molar-refractivity contribution is 8.13. The van der Waals surface area contributed by atoms with Gasteiger partial charge in [0.1, 0.15) is 17.4 Å². The summed E-state index contributed by atoms with van der Waals surface area (Å²) in [5, 5.41) is 6.35. The Morgan fingerprint density at radius 2 is 2.10 bits per heavy atom. The van der Waals surface area contributed by atoms with Crippen LogP contribution in [0.1, 0.15) is 0 Å². The van der Waals surface area contributed by atoms with Crippen LogP contribution in [0.5, 0.6) is 5.75 Å². The number of carbonyl (C=O) groups excluding carboxylic acids is 1. The van der Waals surface area contributed by atoms with Crippen LogP contribution in [0, 0.1) is 5.92 Å². The molecule has 7 heteroatoms. The maximum atomic E-state index is 11.9. The SMILES string of the molecule is COc1ccccc1N1N=CC2C(=O)N=C(SC)N=C21. The van der Waals surface area contributed by atoms with E-state index in [2.05, 4.69) is 15.1 Å². The van der Waals surface area contributed by atoms with Crippen molar-refractivity contribution in [1.82, 2.24) is 0 Å². The Morgan fingerprint density at radius 1 is 1.30 bits per heavy atom. The molecule has 102 valence electrons. The highest BCUT2D eigenvalue weighted by atomic mass is 32.2. The van der Waals surface area contributed by atoms with Crippen molar-refractivity contribution in [1.29, 1.82) is 0 Å². The number of benzene rings is 1. The third-order valence-electron chi connectivity index (χ3n) is 3.00. The van der Waals surface area contributed by atoms with E-state index in [1.165, 1.54) is 11.8 Å². The highest BCUT2D eigenvalue weighted by Gasteiger charge is 2.37. The van der Waals surface area contributed by atoms with Gasteiger partial charge in [-0.05, 0) is 18.4 Å². The summed E-state index contributed by atoms with van der Waals surface area (Å²) in [4.78, 5) is 20.3. The maximum absolute atomic E-state index is 11.9. The fourth-order valence-corrected chi connectivity index (χ4v) is 2.42. The van der Waals surface area contributed by atoms with Crippen molar-refractivity contribution in [2.75, 3.05) is 18.4 Å². The van der Waals surface area contributed by atoms with Crippen LogP contribution < -0.4 is 9.75 Å². The Balaban J connectivity index is 2.04. The minimum Gasteiger partial charge on any atom is -0.494 e. The van der Waals surface area contributed by atoms with Gasteiger partial charge in [-0.2, -0.15) is 10.1 Å². The Labute approximate surface area is 120 Å². The van der Waals surface area contributed by atoms with Crippen molar-refractivity contribution in [3.8, 4) is 5.75 Å². The molecule has 1 aromatic rings. The van der Waals surface area contributed by atoms with Crippen molar-refractivity contribution >= 4 is 40.6 Å². The number of para-hydroxylation sites is 2. The molecular formula is C13H12N4O2S. The molecule has 1 aromatic carbocycles. The summed E-state index contributed by atoms with van der Waals surface area (Å²) in [7, 11) is 1.60. The Bertz CT molecular complexity index is 654. The monoisotopic (exact) mass is 288 g/mol. The van der Waals surface area contributed by atoms with E-state index in [9.17, 15) is 4.79 Å². The number of ether oxygens (including phenoxy) is 1. The van der Waals surface area contributed by atoms with Gasteiger partial charge < -0.3 is 4.74 Å². The lowest BCUT2D eigenvalue weighted by Gasteiger charge is -2.21. The van der Waals surface area contributed by atoms with E-state index in [0.717, 1.165) is 5.69 Å². The summed E-state index contributed by atoms with van der Waals surface area (Å²) >= 11 is 1.33. The molecular weight excluding hydrogens is 276 g/mol. The van der Waals surface area contributed by atoms with Crippen LogP contribution in [0.4, 0.5) is 5.69 Å². The van der Waals surface area contributed by atoms with Gasteiger partial charge in [0, 0.05) is 6.21 Å². The predicted octanol–water partition coefficient (Wildman–Crippen LogP) is 1.77. The molecule has 1 amide bonds. The molecule has 0 bridgehead atoms. The van der Waals surface area contributed by atoms with Crippen LogP contribution >= 0.6 is 11.8 Å². The number of hydrogen-bond donors (Lipinski definition) is 0. The van der Waals surface area contributed by atoms with Crippen LogP contribution in [0.25, 0.3) is 0 Å². The van der Waals surface area contributed by atoms with Crippen LogP contribution in [0.2, 0.25) is 0 Å². The number of thioether (sulfide) groups is 1. The molecule has 2 heterocycles. The fourth-order valence-electron chi connectivity index (χ4n) is 2.05. The van der Waals surface area contributed by atoms with E-state index >= 15 is 0 Å². The molecule has 0 spiro atoms. The Kier molecular flexibility index (Phi) is 3.27. The summed E-state index contributed by atoms with van der Waals surface area (Å²) in [5.41, 5.74) is 0.752. The summed E-state index contributed by atoms with van der Waals surface area (Å²) in [5.74, 6) is 0.504. The van der Waals surface area contributed by atoms with Crippen LogP contribution in [0.15, 0.2) is 39.4 Å². The normalized spacial score (nSPS) is 20.6. The van der Waals surface area contributed by atoms with Crippen LogP contribution in [0.3, 0.4) is 0 Å². The van der Waals surface area contributed by atoms with Gasteiger partial charge in [-0.1, -0.05) is 23.9 Å². The molecule has 2 aliphatic heterocycles. The molecule has 6 nitrogen and oxygen atoms in total. The average Bonchev–Trinajstić information content (AvgIpc) is 2.91. The van der Waals surface area contributed by atoms with Gasteiger partial charge in [0.25, 0.3) is 5.91 Å². The highest BCUT2D eigenvalue weighted by Crippen LogP contribution is 2.32. The average molecular weight is 288 g/mol. The summed E-state index contributed by atoms with van der Waals surface area (Å²) in [6.07, 6.45) is 3.40. The third-order valence-corrected chi connectivity index (χ3v) is 3.55. The fraction of sp³-hybridized carbons (Fsp3) is 0.231. The van der Waals surface area contributed by atoms with E-state index in [4.69, 9.17) is 4.74 Å². The zero-order chi connectivity index (χ0) is 14.1. The first-order chi connectivity index (χ1) is 9.74. The lowest BCUT2D eigenvalue weighted by atomic mass is 10.1. The Hall–Kier alpha value is -2.15. The molecule has 0 N–H and O–H groups in total. The second-order valence-electron chi connectivity index (χ2n) is 4.13. The number of hydrazone groups is 1. The van der Waals surface area contributed by atoms with E-state index in [-0.39, 0.29) is 5.91 Å². The number of aliphatic imine (C=N–C) groups is 2. The van der Waals surface area contributed by atoms with Crippen molar-refractivity contribution in [3.05, 3.63) is 24.3 Å². The number of carbonyl (C=O) groups is 1. The lowest BCUT2D eigenvalue weighted by Crippen LogP contribution is -2.34. The molecule has 2 aliphatic rings. The van der Waals surface area contributed by atoms with Gasteiger partial charge in [-0.15, -0.1) is 0 Å². The van der Waals surface area contributed by atoms with Crippen molar-refractivity contribution < 1.29 is 9.53 Å². The number of amidine groups is 2. The van der Waals surface area contributed by atoms with E-state index in [1.807, 2.05) is 30.5 Å². The van der Waals surface area contributed by atoms with Gasteiger partial charge in [-0.3, -0.25) is 4.79 Å². The molecule has 0 aliphatic carbocycles. The zero-order valence-corrected chi connectivity index (χ0v) is 11.8. The molecule has 0 fully saturated rings. The zero-order valence-electron chi connectivity index (χ0n) is 11.0. The van der Waals surface area contributed by atoms with Gasteiger partial charge in [0.2, 0.25) is 0 Å². The van der Waals surface area contributed by atoms with Crippen LogP contribution in [-0.4, -0.2) is 36.5 Å². The number of anilines is 1. The largest absolute Gasteiger partial charge is 0.494 e. The Morgan fingerprint density at radius 3 is 2.85 bits per heavy atom. The van der Waals surface area contributed by atoms with Gasteiger partial charge >= 0.3 is 0 Å². The van der Waals surface area contributed by atoms with E-state index in [0.29, 0.717) is 16.8 Å². The first-order valence-corrected chi connectivity index (χ1v) is 7.19. The first kappa shape index (κ1) is 12.9. The number of methoxy groups -OCH3 is 1. The van der Waals surface area contributed by atoms with E-state index in [1.54, 1.807) is 18.3 Å². The lowest BCUT2D eigenvalue weighted by molar-refractivity contribution is -0.118. The maximum Gasteiger partial charge on any atom is 0.264 e. The van der Waals surface area contributed by atoms with Crippen LogP contribution in [-0.2, 0) is 4.79 Å². The summed E-state index contributed by atoms with van der Waals surface area (Å²) < 4.78 is 5.33. The standard InChI is InChI=1S/C13H12N4O2S/c1-19-10-6-4-3-5-9(10)17-11-8(7-14-17)12(18)16-13(15-11)20-2/h3-8H,1-2H3. The second kappa shape index (κ2) is 5.09. The molecule has 0 aromatic heterocycles. The quantitative estimate of drug-likeness (QED) is 0.832. The smallest absolute Gasteiger partial charge is 0.264 e. The molecule has 1 unspecified atom stereocenters. The molecule has 3 rings (SSSR count). The molecule has 0 radical (unpaired) electrons. The second-order valence-corrected chi connectivity index (χ2v) is 4.91. The van der Waals surface area contributed by atoms with Crippen molar-refractivity contribution in [2.45, 2.75) is 0 Å². The van der Waals surface area contributed by atoms with Gasteiger partial charge in [0.15, 0.2) is 11.0 Å². The summed E-state index contributed by atoms with van der Waals surface area (Å²) in [6, 6.07) is 7.47. The first-order valence-electron chi connectivity index (χ1n) is 5.97. The number of amides is 1. The molecule has 20 heavy (non-hydrogen) atoms.